The SMILES string of the molecule is O=C(O)CCCCCN1C(=O)[C@H]2[C@H](C[C@H](COc3ccccc3)[C@@]3(O)O[C@H](c4cc(Br)ccc4O)C[C@@H]23)C1=O. The minimum absolute atomic E-state index is 0.0240. The fourth-order valence-corrected chi connectivity index (χ4v) is 6.75. The van der Waals surface area contributed by atoms with Gasteiger partial charge in [-0.25, -0.2) is 0 Å². The average Bonchev–Trinajstić information content (AvgIpc) is 3.38. The number of aromatic hydroxyl groups is 1. The molecule has 2 aromatic rings. The lowest BCUT2D eigenvalue weighted by atomic mass is 9.64. The molecule has 3 fully saturated rings. The number of unbranched alkanes of at least 4 members (excludes halogenated alkanes) is 2. The molecule has 2 amide bonds. The Kier molecular flexibility index (Phi) is 7.98. The highest BCUT2D eigenvalue weighted by Gasteiger charge is 2.67. The van der Waals surface area contributed by atoms with Crippen molar-refractivity contribution in [1.29, 1.82) is 0 Å². The van der Waals surface area contributed by atoms with Crippen LogP contribution in [0.5, 0.6) is 11.5 Å². The second kappa shape index (κ2) is 11.3. The molecule has 2 aromatic carbocycles. The topological polar surface area (TPSA) is 134 Å². The molecule has 0 radical (unpaired) electrons. The summed E-state index contributed by atoms with van der Waals surface area (Å²) in [5, 5.41) is 31.5. The van der Waals surface area contributed by atoms with Gasteiger partial charge in [0.1, 0.15) is 11.5 Å². The van der Waals surface area contributed by atoms with E-state index in [4.69, 9.17) is 14.6 Å². The number of amides is 2. The number of hydrogen-bond donors (Lipinski definition) is 3. The van der Waals surface area contributed by atoms with Crippen LogP contribution in [-0.2, 0) is 19.1 Å². The van der Waals surface area contributed by atoms with Gasteiger partial charge in [0.05, 0.1) is 24.5 Å². The summed E-state index contributed by atoms with van der Waals surface area (Å²) in [7, 11) is 0. The van der Waals surface area contributed by atoms with E-state index in [1.807, 2.05) is 18.2 Å². The van der Waals surface area contributed by atoms with Crippen LogP contribution >= 0.6 is 15.9 Å². The largest absolute Gasteiger partial charge is 0.508 e. The molecule has 0 unspecified atom stereocenters. The molecule has 0 bridgehead atoms. The van der Waals surface area contributed by atoms with E-state index in [1.54, 1.807) is 30.3 Å². The van der Waals surface area contributed by atoms with Crippen molar-refractivity contribution >= 4 is 33.7 Å². The maximum absolute atomic E-state index is 13.6. The molecular weight excluding hydrogens is 570 g/mol. The second-order valence-electron chi connectivity index (χ2n) is 10.6. The van der Waals surface area contributed by atoms with Crippen molar-refractivity contribution in [2.75, 3.05) is 13.2 Å². The first-order valence-electron chi connectivity index (χ1n) is 13.3. The third-order valence-electron chi connectivity index (χ3n) is 8.26. The fourth-order valence-electron chi connectivity index (χ4n) is 6.37. The number of nitrogens with zero attached hydrogens (tertiary/aromatic N) is 1. The first-order valence-corrected chi connectivity index (χ1v) is 14.1. The zero-order valence-electron chi connectivity index (χ0n) is 21.4. The molecule has 0 aromatic heterocycles. The van der Waals surface area contributed by atoms with Crippen molar-refractivity contribution in [3.8, 4) is 11.5 Å². The number of likely N-dealkylation sites (tertiary alicyclic amines) is 1. The third kappa shape index (κ3) is 5.42. The molecule has 3 aliphatic rings. The Morgan fingerprint density at radius 2 is 1.85 bits per heavy atom. The van der Waals surface area contributed by atoms with E-state index in [0.717, 1.165) is 4.47 Å². The van der Waals surface area contributed by atoms with E-state index in [0.29, 0.717) is 30.6 Å². The number of carboxylic acid groups (broad SMARTS) is 1. The van der Waals surface area contributed by atoms with Crippen LogP contribution in [0.15, 0.2) is 53.0 Å². The minimum Gasteiger partial charge on any atom is -0.508 e. The number of imide groups is 1. The highest BCUT2D eigenvalue weighted by Crippen LogP contribution is 2.59. The molecule has 2 heterocycles. The predicted octanol–water partition coefficient (Wildman–Crippen LogP) is 4.27. The Hall–Kier alpha value is -2.95. The lowest BCUT2D eigenvalue weighted by Crippen LogP contribution is -2.55. The van der Waals surface area contributed by atoms with Gasteiger partial charge >= 0.3 is 5.97 Å². The quantitative estimate of drug-likeness (QED) is 0.271. The highest BCUT2D eigenvalue weighted by atomic mass is 79.9. The first kappa shape index (κ1) is 27.6. The number of rotatable bonds is 10. The number of carbonyl (C=O) groups is 3. The van der Waals surface area contributed by atoms with Crippen LogP contribution in [0.4, 0.5) is 0 Å². The lowest BCUT2D eigenvalue weighted by molar-refractivity contribution is -0.272. The Morgan fingerprint density at radius 3 is 2.59 bits per heavy atom. The predicted molar refractivity (Wildman–Crippen MR) is 143 cm³/mol. The van der Waals surface area contributed by atoms with Crippen LogP contribution in [0.3, 0.4) is 0 Å². The van der Waals surface area contributed by atoms with Gasteiger partial charge in [0.25, 0.3) is 0 Å². The van der Waals surface area contributed by atoms with Crippen LogP contribution in [-0.4, -0.2) is 56.9 Å². The van der Waals surface area contributed by atoms with E-state index in [-0.39, 0.29) is 50.0 Å². The van der Waals surface area contributed by atoms with E-state index in [2.05, 4.69) is 15.9 Å². The molecule has 10 heteroatoms. The number of hydrogen-bond acceptors (Lipinski definition) is 7. The van der Waals surface area contributed by atoms with E-state index < -0.39 is 41.5 Å². The fraction of sp³-hybridized carbons (Fsp3) is 0.483. The van der Waals surface area contributed by atoms with Crippen molar-refractivity contribution in [3.63, 3.8) is 0 Å². The number of benzene rings is 2. The zero-order chi connectivity index (χ0) is 27.7. The highest BCUT2D eigenvalue weighted by molar-refractivity contribution is 9.10. The summed E-state index contributed by atoms with van der Waals surface area (Å²) in [5.74, 6) is -5.15. The minimum atomic E-state index is -1.73. The number of para-hydroxylation sites is 1. The Balaban J connectivity index is 1.40. The number of carbonyl (C=O) groups excluding carboxylic acids is 2. The maximum atomic E-state index is 13.6. The molecule has 2 saturated heterocycles. The number of aliphatic hydroxyl groups is 1. The molecule has 1 aliphatic carbocycles. The lowest BCUT2D eigenvalue weighted by Gasteiger charge is -2.44. The summed E-state index contributed by atoms with van der Waals surface area (Å²) in [6.45, 7) is 0.311. The van der Waals surface area contributed by atoms with Crippen molar-refractivity contribution in [2.45, 2.75) is 50.4 Å². The molecule has 1 saturated carbocycles. The van der Waals surface area contributed by atoms with Crippen molar-refractivity contribution < 1.29 is 39.2 Å². The number of phenols is 1. The molecule has 0 spiro atoms. The third-order valence-corrected chi connectivity index (χ3v) is 8.75. The van der Waals surface area contributed by atoms with Crippen LogP contribution in [0, 0.1) is 23.7 Å². The molecule has 208 valence electrons. The smallest absolute Gasteiger partial charge is 0.303 e. The molecular formula is C29H32BrNO8. The zero-order valence-corrected chi connectivity index (χ0v) is 23.0. The number of aliphatic carboxylic acids is 1. The summed E-state index contributed by atoms with van der Waals surface area (Å²) < 4.78 is 13.0. The van der Waals surface area contributed by atoms with E-state index >= 15 is 0 Å². The Morgan fingerprint density at radius 1 is 1.08 bits per heavy atom. The normalized spacial score (nSPS) is 29.8. The number of ether oxygens (including phenoxy) is 2. The molecule has 5 rings (SSSR count). The van der Waals surface area contributed by atoms with Crippen LogP contribution in [0.25, 0.3) is 0 Å². The molecule has 6 atom stereocenters. The summed E-state index contributed by atoms with van der Waals surface area (Å²) >= 11 is 3.42. The van der Waals surface area contributed by atoms with Crippen LogP contribution in [0.2, 0.25) is 0 Å². The molecule has 3 N–H and O–H groups in total. The van der Waals surface area contributed by atoms with E-state index in [9.17, 15) is 24.6 Å². The van der Waals surface area contributed by atoms with E-state index in [1.165, 1.54) is 4.90 Å². The maximum Gasteiger partial charge on any atom is 0.303 e. The van der Waals surface area contributed by atoms with Gasteiger partial charge in [0, 0.05) is 34.8 Å². The van der Waals surface area contributed by atoms with Crippen molar-refractivity contribution in [3.05, 3.63) is 58.6 Å². The summed E-state index contributed by atoms with van der Waals surface area (Å²) in [5.41, 5.74) is 0.499. The molecule has 2 aliphatic heterocycles. The number of halogens is 1. The monoisotopic (exact) mass is 601 g/mol. The second-order valence-corrected chi connectivity index (χ2v) is 11.5. The van der Waals surface area contributed by atoms with Gasteiger partial charge in [0.2, 0.25) is 11.8 Å². The standard InChI is InChI=1S/C29H32BrNO8/c30-18-10-11-23(32)20(14-18)24-15-22-26-21(27(35)31(28(26)36)12-6-2-5-9-25(33)34)13-17(29(22,37)39-24)16-38-19-7-3-1-4-8-19/h1,3-4,7-8,10-11,14,17,21-22,24,26,32,37H,2,5-6,9,12-13,15-16H2,(H,33,34)/t17-,21+,22+,24+,26+,29-/m1/s1. The summed E-state index contributed by atoms with van der Waals surface area (Å²) in [6.07, 6.45) is 1.44. The van der Waals surface area contributed by atoms with Crippen molar-refractivity contribution in [2.24, 2.45) is 23.7 Å². The molecule has 9 nitrogen and oxygen atoms in total. The molecule has 39 heavy (non-hydrogen) atoms. The van der Waals surface area contributed by atoms with Gasteiger partial charge < -0.3 is 24.8 Å². The van der Waals surface area contributed by atoms with Gasteiger partial charge in [-0.2, -0.15) is 0 Å². The van der Waals surface area contributed by atoms with Gasteiger partial charge in [0.15, 0.2) is 5.79 Å². The Bertz CT molecular complexity index is 1240. The number of fused-ring (bicyclic) bond motifs is 3. The van der Waals surface area contributed by atoms with Gasteiger partial charge in [-0.15, -0.1) is 0 Å². The first-order chi connectivity index (χ1) is 18.7. The van der Waals surface area contributed by atoms with Crippen molar-refractivity contribution in [1.82, 2.24) is 4.90 Å². The van der Waals surface area contributed by atoms with Gasteiger partial charge in [-0.05, 0) is 56.0 Å². The van der Waals surface area contributed by atoms with Crippen LogP contribution < -0.4 is 4.74 Å². The van der Waals surface area contributed by atoms with Crippen LogP contribution in [0.1, 0.15) is 50.2 Å². The van der Waals surface area contributed by atoms with Gasteiger partial charge in [-0.3, -0.25) is 19.3 Å². The Labute approximate surface area is 234 Å². The summed E-state index contributed by atoms with van der Waals surface area (Å²) in [4.78, 5) is 39.2. The number of carboxylic acids is 1. The summed E-state index contributed by atoms with van der Waals surface area (Å²) in [6, 6.07) is 14.2. The number of phenolic OH excluding ortho intramolecular Hbond substituents is 1. The van der Waals surface area contributed by atoms with Gasteiger partial charge in [-0.1, -0.05) is 40.5 Å². The average molecular weight is 602 g/mol.